The van der Waals surface area contributed by atoms with Crippen molar-refractivity contribution >= 4 is 12.4 Å². The predicted molar refractivity (Wildman–Crippen MR) is 57.0 cm³/mol. The number of hydrogen-bond donors (Lipinski definition) is 3. The van der Waals surface area contributed by atoms with Crippen LogP contribution in [0.3, 0.4) is 0 Å². The van der Waals surface area contributed by atoms with E-state index in [0.717, 1.165) is 18.5 Å². The van der Waals surface area contributed by atoms with Crippen LogP contribution in [-0.2, 0) is 0 Å². The molecular weight excluding hydrogens is 202 g/mol. The number of rotatable bonds is 1. The Morgan fingerprint density at radius 2 is 2.00 bits per heavy atom. The number of phenolic OH excluding ortho intramolecular Hbond substituents is 2. The lowest BCUT2D eigenvalue weighted by Gasteiger charge is -2.10. The predicted octanol–water partition coefficient (Wildman–Crippen LogP) is 1.94. The first kappa shape index (κ1) is 11.1. The van der Waals surface area contributed by atoms with Crippen molar-refractivity contribution in [3.63, 3.8) is 0 Å². The Hall–Kier alpha value is -0.930. The number of benzene rings is 1. The van der Waals surface area contributed by atoms with E-state index in [9.17, 15) is 5.11 Å². The minimum Gasteiger partial charge on any atom is -0.504 e. The third-order valence-corrected chi connectivity index (χ3v) is 2.46. The number of phenols is 2. The van der Waals surface area contributed by atoms with Gasteiger partial charge in [0.15, 0.2) is 11.5 Å². The molecule has 1 fully saturated rings. The molecule has 1 atom stereocenters. The van der Waals surface area contributed by atoms with Crippen molar-refractivity contribution in [3.8, 4) is 11.5 Å². The van der Waals surface area contributed by atoms with Crippen molar-refractivity contribution in [3.05, 3.63) is 23.8 Å². The second-order valence-electron chi connectivity index (χ2n) is 3.40. The Kier molecular flexibility index (Phi) is 3.61. The number of hydrogen-bond acceptors (Lipinski definition) is 3. The van der Waals surface area contributed by atoms with Gasteiger partial charge in [0.05, 0.1) is 0 Å². The minimum atomic E-state index is -0.0539. The molecule has 1 aromatic rings. The standard InChI is InChI=1S/C10H13NO2.ClH/c12-9-4-3-7(6-10(9)13)8-2-1-5-11-8;/h3-4,6,8,11-13H,1-2,5H2;1H/t8-;/m1./s1. The molecule has 0 aromatic heterocycles. The highest BCUT2D eigenvalue weighted by molar-refractivity contribution is 5.85. The fourth-order valence-corrected chi connectivity index (χ4v) is 1.73. The summed E-state index contributed by atoms with van der Waals surface area (Å²) in [5.41, 5.74) is 1.05. The van der Waals surface area contributed by atoms with Gasteiger partial charge >= 0.3 is 0 Å². The van der Waals surface area contributed by atoms with Gasteiger partial charge in [0.1, 0.15) is 0 Å². The van der Waals surface area contributed by atoms with Gasteiger partial charge in [-0.3, -0.25) is 0 Å². The van der Waals surface area contributed by atoms with E-state index >= 15 is 0 Å². The molecule has 3 nitrogen and oxygen atoms in total. The van der Waals surface area contributed by atoms with Gasteiger partial charge < -0.3 is 15.5 Å². The van der Waals surface area contributed by atoms with E-state index in [-0.39, 0.29) is 23.9 Å². The maximum absolute atomic E-state index is 9.28. The maximum Gasteiger partial charge on any atom is 0.157 e. The zero-order chi connectivity index (χ0) is 9.26. The van der Waals surface area contributed by atoms with E-state index in [1.54, 1.807) is 6.07 Å². The summed E-state index contributed by atoms with van der Waals surface area (Å²) in [6, 6.07) is 5.34. The van der Waals surface area contributed by atoms with Crippen molar-refractivity contribution in [2.45, 2.75) is 18.9 Å². The second kappa shape index (κ2) is 4.53. The quantitative estimate of drug-likeness (QED) is 0.628. The van der Waals surface area contributed by atoms with Crippen LogP contribution in [-0.4, -0.2) is 16.8 Å². The van der Waals surface area contributed by atoms with E-state index in [1.807, 2.05) is 6.07 Å². The van der Waals surface area contributed by atoms with Crippen LogP contribution in [0, 0.1) is 0 Å². The molecule has 0 unspecified atom stereocenters. The first-order chi connectivity index (χ1) is 6.27. The molecule has 1 aliphatic heterocycles. The van der Waals surface area contributed by atoms with Crippen LogP contribution in [0.4, 0.5) is 0 Å². The van der Waals surface area contributed by atoms with E-state index in [0.29, 0.717) is 6.04 Å². The lowest BCUT2D eigenvalue weighted by Crippen LogP contribution is -2.12. The van der Waals surface area contributed by atoms with Crippen LogP contribution in [0.2, 0.25) is 0 Å². The number of aromatic hydroxyl groups is 2. The van der Waals surface area contributed by atoms with Crippen LogP contribution < -0.4 is 5.32 Å². The van der Waals surface area contributed by atoms with Gasteiger partial charge in [-0.15, -0.1) is 12.4 Å². The first-order valence-corrected chi connectivity index (χ1v) is 4.52. The van der Waals surface area contributed by atoms with Crippen molar-refractivity contribution in [1.82, 2.24) is 5.32 Å². The van der Waals surface area contributed by atoms with Gasteiger partial charge in [-0.2, -0.15) is 0 Å². The Balaban J connectivity index is 0.000000980. The molecule has 1 heterocycles. The Morgan fingerprint density at radius 1 is 1.21 bits per heavy atom. The fourth-order valence-electron chi connectivity index (χ4n) is 1.73. The summed E-state index contributed by atoms with van der Waals surface area (Å²) in [5, 5.41) is 21.7. The van der Waals surface area contributed by atoms with Crippen LogP contribution in [0.1, 0.15) is 24.4 Å². The summed E-state index contributed by atoms with van der Waals surface area (Å²) in [6.45, 7) is 1.03. The highest BCUT2D eigenvalue weighted by Crippen LogP contribution is 2.30. The van der Waals surface area contributed by atoms with E-state index in [1.165, 1.54) is 12.5 Å². The van der Waals surface area contributed by atoms with E-state index < -0.39 is 0 Å². The normalized spacial score (nSPS) is 20.4. The molecule has 0 radical (unpaired) electrons. The lowest BCUT2D eigenvalue weighted by atomic mass is 10.1. The topological polar surface area (TPSA) is 52.5 Å². The van der Waals surface area contributed by atoms with Crippen molar-refractivity contribution in [2.75, 3.05) is 6.54 Å². The van der Waals surface area contributed by atoms with Crippen LogP contribution in [0.5, 0.6) is 11.5 Å². The van der Waals surface area contributed by atoms with Crippen LogP contribution >= 0.6 is 12.4 Å². The first-order valence-electron chi connectivity index (χ1n) is 4.52. The van der Waals surface area contributed by atoms with Gasteiger partial charge in [-0.05, 0) is 37.1 Å². The summed E-state index contributed by atoms with van der Waals surface area (Å²) >= 11 is 0. The van der Waals surface area contributed by atoms with Gasteiger partial charge in [0.25, 0.3) is 0 Å². The zero-order valence-corrected chi connectivity index (χ0v) is 8.55. The van der Waals surface area contributed by atoms with Crippen molar-refractivity contribution in [1.29, 1.82) is 0 Å². The SMILES string of the molecule is Cl.Oc1ccc([C@H]2CCCN2)cc1O. The second-order valence-corrected chi connectivity index (χ2v) is 3.40. The molecule has 0 aliphatic carbocycles. The van der Waals surface area contributed by atoms with E-state index in [4.69, 9.17) is 5.11 Å². The summed E-state index contributed by atoms with van der Waals surface area (Å²) in [6.07, 6.45) is 2.27. The van der Waals surface area contributed by atoms with Gasteiger partial charge in [0, 0.05) is 6.04 Å². The average molecular weight is 216 g/mol. The Labute approximate surface area is 89.2 Å². The van der Waals surface area contributed by atoms with Crippen molar-refractivity contribution in [2.24, 2.45) is 0 Å². The minimum absolute atomic E-state index is 0. The molecule has 0 saturated carbocycles. The summed E-state index contributed by atoms with van der Waals surface area (Å²) in [4.78, 5) is 0. The Bertz CT molecular complexity index is 311. The van der Waals surface area contributed by atoms with Gasteiger partial charge in [-0.1, -0.05) is 6.07 Å². The molecule has 0 spiro atoms. The average Bonchev–Trinajstić information content (AvgIpc) is 2.62. The molecular formula is C10H14ClNO2. The lowest BCUT2D eigenvalue weighted by molar-refractivity contribution is 0.402. The summed E-state index contributed by atoms with van der Waals surface area (Å²) in [7, 11) is 0. The molecule has 2 rings (SSSR count). The molecule has 78 valence electrons. The highest BCUT2D eigenvalue weighted by atomic mass is 35.5. The van der Waals surface area contributed by atoms with Crippen LogP contribution in [0.15, 0.2) is 18.2 Å². The smallest absolute Gasteiger partial charge is 0.157 e. The van der Waals surface area contributed by atoms with Gasteiger partial charge in [0.2, 0.25) is 0 Å². The van der Waals surface area contributed by atoms with Crippen LogP contribution in [0.25, 0.3) is 0 Å². The monoisotopic (exact) mass is 215 g/mol. The van der Waals surface area contributed by atoms with Gasteiger partial charge in [-0.25, -0.2) is 0 Å². The molecule has 3 N–H and O–H groups in total. The third kappa shape index (κ3) is 2.11. The molecule has 0 amide bonds. The maximum atomic E-state index is 9.28. The molecule has 14 heavy (non-hydrogen) atoms. The molecule has 1 aromatic carbocycles. The molecule has 4 heteroatoms. The molecule has 0 bridgehead atoms. The number of nitrogens with one attached hydrogen (secondary N) is 1. The highest BCUT2D eigenvalue weighted by Gasteiger charge is 2.16. The van der Waals surface area contributed by atoms with Crippen molar-refractivity contribution < 1.29 is 10.2 Å². The summed E-state index contributed by atoms with van der Waals surface area (Å²) < 4.78 is 0. The Morgan fingerprint density at radius 3 is 2.57 bits per heavy atom. The third-order valence-electron chi connectivity index (χ3n) is 2.46. The number of halogens is 1. The molecule has 1 saturated heterocycles. The summed E-state index contributed by atoms with van der Waals surface area (Å²) in [5.74, 6) is -0.0899. The fraction of sp³-hybridized carbons (Fsp3) is 0.400. The van der Waals surface area contributed by atoms with E-state index in [2.05, 4.69) is 5.32 Å². The largest absolute Gasteiger partial charge is 0.504 e. The zero-order valence-electron chi connectivity index (χ0n) is 7.73. The molecule has 1 aliphatic rings.